The van der Waals surface area contributed by atoms with Crippen molar-refractivity contribution in [3.05, 3.63) is 0 Å². The molecule has 2 nitrogen and oxygen atoms in total. The molecule has 0 bridgehead atoms. The first-order valence-electron chi connectivity index (χ1n) is 6.72. The van der Waals surface area contributed by atoms with Crippen molar-refractivity contribution < 1.29 is 0 Å². The second kappa shape index (κ2) is 8.12. The molecular weight excluding hydrogens is 184 g/mol. The molecule has 1 rings (SSSR count). The topological polar surface area (TPSA) is 24.1 Å². The molecule has 2 heteroatoms. The molecule has 0 radical (unpaired) electrons. The molecule has 0 saturated heterocycles. The predicted octanol–water partition coefficient (Wildman–Crippen LogP) is 2.40. The standard InChI is InChI=1S/C13H28N2/c1-3-12(10-14-2)11-15-9-8-13-6-4-5-7-13/h12-15H,3-11H2,1-2H3. The minimum absolute atomic E-state index is 0.804. The van der Waals surface area contributed by atoms with Gasteiger partial charge < -0.3 is 10.6 Å². The Morgan fingerprint density at radius 2 is 1.93 bits per heavy atom. The fraction of sp³-hybridized carbons (Fsp3) is 1.00. The Kier molecular flexibility index (Phi) is 7.03. The van der Waals surface area contributed by atoms with Crippen molar-refractivity contribution in [3.63, 3.8) is 0 Å². The Bertz CT molecular complexity index is 141. The molecule has 15 heavy (non-hydrogen) atoms. The molecule has 0 aromatic rings. The van der Waals surface area contributed by atoms with Crippen molar-refractivity contribution in [1.82, 2.24) is 10.6 Å². The van der Waals surface area contributed by atoms with Gasteiger partial charge in [0.2, 0.25) is 0 Å². The summed E-state index contributed by atoms with van der Waals surface area (Å²) in [4.78, 5) is 0. The third kappa shape index (κ3) is 5.53. The van der Waals surface area contributed by atoms with Crippen LogP contribution in [0.5, 0.6) is 0 Å². The first-order valence-corrected chi connectivity index (χ1v) is 6.72. The Morgan fingerprint density at radius 3 is 2.53 bits per heavy atom. The van der Waals surface area contributed by atoms with Crippen molar-refractivity contribution >= 4 is 0 Å². The van der Waals surface area contributed by atoms with E-state index < -0.39 is 0 Å². The highest BCUT2D eigenvalue weighted by Crippen LogP contribution is 2.26. The Balaban J connectivity index is 1.94. The number of rotatable bonds is 8. The van der Waals surface area contributed by atoms with Crippen LogP contribution in [-0.2, 0) is 0 Å². The molecule has 0 spiro atoms. The largest absolute Gasteiger partial charge is 0.319 e. The average molecular weight is 212 g/mol. The van der Waals surface area contributed by atoms with Gasteiger partial charge in [-0.1, -0.05) is 39.0 Å². The van der Waals surface area contributed by atoms with Gasteiger partial charge in [0.15, 0.2) is 0 Å². The van der Waals surface area contributed by atoms with Crippen LogP contribution in [0, 0.1) is 11.8 Å². The lowest BCUT2D eigenvalue weighted by Crippen LogP contribution is -2.30. The van der Waals surface area contributed by atoms with Crippen molar-refractivity contribution in [2.75, 3.05) is 26.7 Å². The molecule has 1 fully saturated rings. The zero-order valence-electron chi connectivity index (χ0n) is 10.5. The highest BCUT2D eigenvalue weighted by Gasteiger charge is 2.14. The van der Waals surface area contributed by atoms with E-state index in [9.17, 15) is 0 Å². The third-order valence-electron chi connectivity index (χ3n) is 3.71. The maximum atomic E-state index is 3.61. The second-order valence-corrected chi connectivity index (χ2v) is 4.98. The van der Waals surface area contributed by atoms with Gasteiger partial charge in [-0.05, 0) is 44.9 Å². The van der Waals surface area contributed by atoms with Gasteiger partial charge in [-0.3, -0.25) is 0 Å². The summed E-state index contributed by atoms with van der Waals surface area (Å²) in [6.07, 6.45) is 8.59. The van der Waals surface area contributed by atoms with Gasteiger partial charge in [-0.25, -0.2) is 0 Å². The fourth-order valence-corrected chi connectivity index (χ4v) is 2.56. The van der Waals surface area contributed by atoms with Gasteiger partial charge in [-0.2, -0.15) is 0 Å². The van der Waals surface area contributed by atoms with E-state index in [0.29, 0.717) is 0 Å². The van der Waals surface area contributed by atoms with Gasteiger partial charge in [0, 0.05) is 0 Å². The number of hydrogen-bond acceptors (Lipinski definition) is 2. The van der Waals surface area contributed by atoms with Crippen LogP contribution in [0.1, 0.15) is 45.4 Å². The molecule has 1 unspecified atom stereocenters. The summed E-state index contributed by atoms with van der Waals surface area (Å²) >= 11 is 0. The summed E-state index contributed by atoms with van der Waals surface area (Å²) in [7, 11) is 2.04. The number of nitrogens with one attached hydrogen (secondary N) is 2. The maximum absolute atomic E-state index is 3.61. The minimum Gasteiger partial charge on any atom is -0.319 e. The van der Waals surface area contributed by atoms with Gasteiger partial charge in [0.05, 0.1) is 0 Å². The van der Waals surface area contributed by atoms with Gasteiger partial charge >= 0.3 is 0 Å². The van der Waals surface area contributed by atoms with Crippen LogP contribution in [0.4, 0.5) is 0 Å². The molecule has 0 amide bonds. The molecule has 1 atom stereocenters. The van der Waals surface area contributed by atoms with E-state index in [1.54, 1.807) is 0 Å². The minimum atomic E-state index is 0.804. The van der Waals surface area contributed by atoms with Gasteiger partial charge in [0.25, 0.3) is 0 Å². The molecule has 2 N–H and O–H groups in total. The molecule has 0 aromatic heterocycles. The molecule has 1 aliphatic rings. The Labute approximate surface area is 95.2 Å². The zero-order chi connectivity index (χ0) is 10.9. The van der Waals surface area contributed by atoms with Crippen LogP contribution in [0.2, 0.25) is 0 Å². The van der Waals surface area contributed by atoms with Crippen molar-refractivity contribution in [2.45, 2.75) is 45.4 Å². The molecule has 0 aromatic carbocycles. The Morgan fingerprint density at radius 1 is 1.20 bits per heavy atom. The fourth-order valence-electron chi connectivity index (χ4n) is 2.56. The van der Waals surface area contributed by atoms with Crippen LogP contribution in [0.15, 0.2) is 0 Å². The lowest BCUT2D eigenvalue weighted by molar-refractivity contribution is 0.418. The van der Waals surface area contributed by atoms with Crippen LogP contribution < -0.4 is 10.6 Å². The summed E-state index contributed by atoms with van der Waals surface area (Å²) in [6, 6.07) is 0. The summed E-state index contributed by atoms with van der Waals surface area (Å²) < 4.78 is 0. The van der Waals surface area contributed by atoms with Gasteiger partial charge in [-0.15, -0.1) is 0 Å². The second-order valence-electron chi connectivity index (χ2n) is 4.98. The summed E-state index contributed by atoms with van der Waals surface area (Å²) in [5.41, 5.74) is 0. The van der Waals surface area contributed by atoms with E-state index in [0.717, 1.165) is 18.4 Å². The summed E-state index contributed by atoms with van der Waals surface area (Å²) in [5, 5.41) is 6.87. The molecule has 0 heterocycles. The Hall–Kier alpha value is -0.0800. The van der Waals surface area contributed by atoms with Crippen molar-refractivity contribution in [3.8, 4) is 0 Å². The average Bonchev–Trinajstić information content (AvgIpc) is 2.75. The van der Waals surface area contributed by atoms with Gasteiger partial charge in [0.1, 0.15) is 0 Å². The predicted molar refractivity (Wildman–Crippen MR) is 67.2 cm³/mol. The normalized spacial score (nSPS) is 19.6. The van der Waals surface area contributed by atoms with E-state index >= 15 is 0 Å². The highest BCUT2D eigenvalue weighted by atomic mass is 14.9. The lowest BCUT2D eigenvalue weighted by Gasteiger charge is -2.16. The van der Waals surface area contributed by atoms with E-state index in [1.165, 1.54) is 51.6 Å². The van der Waals surface area contributed by atoms with E-state index in [-0.39, 0.29) is 0 Å². The van der Waals surface area contributed by atoms with E-state index in [1.807, 2.05) is 7.05 Å². The zero-order valence-corrected chi connectivity index (χ0v) is 10.5. The lowest BCUT2D eigenvalue weighted by atomic mass is 10.0. The summed E-state index contributed by atoms with van der Waals surface area (Å²) in [6.45, 7) is 5.84. The van der Waals surface area contributed by atoms with E-state index in [4.69, 9.17) is 0 Å². The van der Waals surface area contributed by atoms with E-state index in [2.05, 4.69) is 17.6 Å². The third-order valence-corrected chi connectivity index (χ3v) is 3.71. The monoisotopic (exact) mass is 212 g/mol. The molecule has 1 aliphatic carbocycles. The van der Waals surface area contributed by atoms with Crippen LogP contribution >= 0.6 is 0 Å². The first-order chi connectivity index (χ1) is 7.36. The molecule has 90 valence electrons. The molecule has 0 aliphatic heterocycles. The highest BCUT2D eigenvalue weighted by molar-refractivity contribution is 4.69. The smallest absolute Gasteiger partial charge is 0.000848 e. The van der Waals surface area contributed by atoms with Crippen LogP contribution in [0.25, 0.3) is 0 Å². The number of hydrogen-bond donors (Lipinski definition) is 2. The SMILES string of the molecule is CCC(CNC)CNCCC1CCCC1. The van der Waals surface area contributed by atoms with Crippen LogP contribution in [0.3, 0.4) is 0 Å². The molecule has 1 saturated carbocycles. The van der Waals surface area contributed by atoms with Crippen molar-refractivity contribution in [1.29, 1.82) is 0 Å². The quantitative estimate of drug-likeness (QED) is 0.604. The maximum Gasteiger partial charge on any atom is -0.000848 e. The van der Waals surface area contributed by atoms with Crippen molar-refractivity contribution in [2.24, 2.45) is 11.8 Å². The summed E-state index contributed by atoms with van der Waals surface area (Å²) in [5.74, 6) is 1.83. The van der Waals surface area contributed by atoms with Crippen LogP contribution in [-0.4, -0.2) is 26.7 Å². The molecular formula is C13H28N2. The first kappa shape index (κ1) is 13.0.